The van der Waals surface area contributed by atoms with Gasteiger partial charge in [0, 0.05) is 19.2 Å². The molecule has 1 saturated heterocycles. The standard InChI is InChI=1S/C10H21NO/c1-5-12-9-6-10(8(2)3)11(4)7-9/h8-10H,5-7H2,1-4H3/t9-,10-/m0/s1. The summed E-state index contributed by atoms with van der Waals surface area (Å²) in [7, 11) is 2.20. The Balaban J connectivity index is 2.39. The van der Waals surface area contributed by atoms with Gasteiger partial charge < -0.3 is 9.64 Å². The quantitative estimate of drug-likeness (QED) is 0.641. The highest BCUT2D eigenvalue weighted by Gasteiger charge is 2.31. The summed E-state index contributed by atoms with van der Waals surface area (Å²) in [6, 6.07) is 0.724. The smallest absolute Gasteiger partial charge is 0.0716 e. The molecule has 0 bridgehead atoms. The van der Waals surface area contributed by atoms with Crippen molar-refractivity contribution in [2.45, 2.75) is 39.3 Å². The lowest BCUT2D eigenvalue weighted by molar-refractivity contribution is 0.0706. The first-order chi connectivity index (χ1) is 5.65. The van der Waals surface area contributed by atoms with Crippen LogP contribution in [0.5, 0.6) is 0 Å². The van der Waals surface area contributed by atoms with Gasteiger partial charge in [-0.25, -0.2) is 0 Å². The Morgan fingerprint density at radius 3 is 2.58 bits per heavy atom. The van der Waals surface area contributed by atoms with E-state index in [0.717, 1.165) is 25.1 Å². The number of nitrogens with zero attached hydrogens (tertiary/aromatic N) is 1. The molecule has 2 heteroatoms. The fourth-order valence-corrected chi connectivity index (χ4v) is 2.12. The lowest BCUT2D eigenvalue weighted by atomic mass is 10.0. The molecule has 0 saturated carbocycles. The third kappa shape index (κ3) is 2.20. The third-order valence-electron chi connectivity index (χ3n) is 2.73. The molecule has 1 fully saturated rings. The predicted molar refractivity (Wildman–Crippen MR) is 51.3 cm³/mol. The number of likely N-dealkylation sites (tertiary alicyclic amines) is 1. The summed E-state index contributed by atoms with van der Waals surface area (Å²) in [5.41, 5.74) is 0. The molecule has 1 aliphatic rings. The van der Waals surface area contributed by atoms with Gasteiger partial charge in [0.2, 0.25) is 0 Å². The fraction of sp³-hybridized carbons (Fsp3) is 1.00. The van der Waals surface area contributed by atoms with Crippen LogP contribution in [0.15, 0.2) is 0 Å². The van der Waals surface area contributed by atoms with E-state index >= 15 is 0 Å². The summed E-state index contributed by atoms with van der Waals surface area (Å²) >= 11 is 0. The van der Waals surface area contributed by atoms with E-state index in [1.54, 1.807) is 0 Å². The van der Waals surface area contributed by atoms with Crippen LogP contribution in [0.4, 0.5) is 0 Å². The van der Waals surface area contributed by atoms with Gasteiger partial charge in [0.1, 0.15) is 0 Å². The molecule has 0 unspecified atom stereocenters. The van der Waals surface area contributed by atoms with Crippen LogP contribution in [-0.2, 0) is 4.74 Å². The number of likely N-dealkylation sites (N-methyl/N-ethyl adjacent to an activating group) is 1. The first kappa shape index (κ1) is 10.0. The summed E-state index contributed by atoms with van der Waals surface area (Å²) in [5, 5.41) is 0. The van der Waals surface area contributed by atoms with Gasteiger partial charge in [-0.2, -0.15) is 0 Å². The minimum absolute atomic E-state index is 0.479. The summed E-state index contributed by atoms with van der Waals surface area (Å²) in [6.07, 6.45) is 1.69. The molecule has 0 spiro atoms. The molecule has 0 aromatic carbocycles. The molecule has 0 aromatic rings. The fourth-order valence-electron chi connectivity index (χ4n) is 2.12. The largest absolute Gasteiger partial charge is 0.377 e. The van der Waals surface area contributed by atoms with Crippen LogP contribution in [-0.4, -0.2) is 37.2 Å². The first-order valence-corrected chi connectivity index (χ1v) is 4.97. The lowest BCUT2D eigenvalue weighted by Gasteiger charge is -2.22. The van der Waals surface area contributed by atoms with Crippen molar-refractivity contribution in [1.29, 1.82) is 0 Å². The maximum atomic E-state index is 5.61. The Morgan fingerprint density at radius 2 is 2.17 bits per heavy atom. The van der Waals surface area contributed by atoms with E-state index in [9.17, 15) is 0 Å². The van der Waals surface area contributed by atoms with E-state index in [4.69, 9.17) is 4.74 Å². The molecule has 2 nitrogen and oxygen atoms in total. The van der Waals surface area contributed by atoms with E-state index in [-0.39, 0.29) is 0 Å². The van der Waals surface area contributed by atoms with Crippen LogP contribution < -0.4 is 0 Å². The predicted octanol–water partition coefficient (Wildman–Crippen LogP) is 1.75. The van der Waals surface area contributed by atoms with Gasteiger partial charge in [-0.05, 0) is 26.3 Å². The number of hydrogen-bond donors (Lipinski definition) is 0. The van der Waals surface area contributed by atoms with E-state index < -0.39 is 0 Å². The van der Waals surface area contributed by atoms with Gasteiger partial charge >= 0.3 is 0 Å². The molecule has 1 rings (SSSR count). The van der Waals surface area contributed by atoms with Gasteiger partial charge in [0.05, 0.1) is 6.10 Å². The molecule has 0 N–H and O–H groups in total. The van der Waals surface area contributed by atoms with Crippen LogP contribution in [0.25, 0.3) is 0 Å². The van der Waals surface area contributed by atoms with Crippen molar-refractivity contribution in [1.82, 2.24) is 4.90 Å². The van der Waals surface area contributed by atoms with Crippen LogP contribution in [0.2, 0.25) is 0 Å². The van der Waals surface area contributed by atoms with Crippen LogP contribution in [0.3, 0.4) is 0 Å². The van der Waals surface area contributed by atoms with E-state index in [1.807, 2.05) is 0 Å². The highest BCUT2D eigenvalue weighted by Crippen LogP contribution is 2.23. The first-order valence-electron chi connectivity index (χ1n) is 4.97. The summed E-state index contributed by atoms with van der Waals surface area (Å²) in [4.78, 5) is 2.42. The summed E-state index contributed by atoms with van der Waals surface area (Å²) in [5.74, 6) is 0.750. The number of rotatable bonds is 3. The molecular formula is C10H21NO. The zero-order chi connectivity index (χ0) is 9.14. The van der Waals surface area contributed by atoms with Crippen molar-refractivity contribution < 1.29 is 4.74 Å². The second kappa shape index (κ2) is 4.24. The van der Waals surface area contributed by atoms with Crippen molar-refractivity contribution in [2.24, 2.45) is 5.92 Å². The molecular weight excluding hydrogens is 150 g/mol. The molecule has 2 atom stereocenters. The maximum Gasteiger partial charge on any atom is 0.0716 e. The average molecular weight is 171 g/mol. The van der Waals surface area contributed by atoms with E-state index in [2.05, 4.69) is 32.7 Å². The monoisotopic (exact) mass is 171 g/mol. The van der Waals surface area contributed by atoms with Crippen molar-refractivity contribution in [3.8, 4) is 0 Å². The van der Waals surface area contributed by atoms with Gasteiger partial charge in [0.25, 0.3) is 0 Å². The molecule has 1 heterocycles. The van der Waals surface area contributed by atoms with Crippen molar-refractivity contribution >= 4 is 0 Å². The van der Waals surface area contributed by atoms with Crippen LogP contribution >= 0.6 is 0 Å². The second-order valence-electron chi connectivity index (χ2n) is 4.06. The third-order valence-corrected chi connectivity index (χ3v) is 2.73. The Kier molecular flexibility index (Phi) is 3.53. The molecule has 72 valence electrons. The lowest BCUT2D eigenvalue weighted by Crippen LogP contribution is -2.29. The van der Waals surface area contributed by atoms with Crippen molar-refractivity contribution in [2.75, 3.05) is 20.2 Å². The normalized spacial score (nSPS) is 31.8. The Hall–Kier alpha value is -0.0800. The Bertz CT molecular complexity index is 136. The molecule has 0 aliphatic carbocycles. The summed E-state index contributed by atoms with van der Waals surface area (Å²) < 4.78 is 5.61. The SMILES string of the molecule is CCO[C@H]1C[C@@H](C(C)C)N(C)C1. The van der Waals surface area contributed by atoms with Gasteiger partial charge in [-0.15, -0.1) is 0 Å². The minimum Gasteiger partial charge on any atom is -0.377 e. The minimum atomic E-state index is 0.479. The van der Waals surface area contributed by atoms with Crippen molar-refractivity contribution in [3.63, 3.8) is 0 Å². The molecule has 12 heavy (non-hydrogen) atoms. The number of hydrogen-bond acceptors (Lipinski definition) is 2. The highest BCUT2D eigenvalue weighted by atomic mass is 16.5. The average Bonchev–Trinajstić information content (AvgIpc) is 2.32. The van der Waals surface area contributed by atoms with Crippen molar-refractivity contribution in [3.05, 3.63) is 0 Å². The molecule has 0 radical (unpaired) electrons. The van der Waals surface area contributed by atoms with Gasteiger partial charge in [-0.3, -0.25) is 0 Å². The van der Waals surface area contributed by atoms with Crippen LogP contribution in [0, 0.1) is 5.92 Å². The summed E-state index contributed by atoms with van der Waals surface area (Å²) in [6.45, 7) is 8.60. The van der Waals surface area contributed by atoms with Gasteiger partial charge in [0.15, 0.2) is 0 Å². The molecule has 0 aromatic heterocycles. The maximum absolute atomic E-state index is 5.61. The Morgan fingerprint density at radius 1 is 1.50 bits per heavy atom. The van der Waals surface area contributed by atoms with Crippen LogP contribution in [0.1, 0.15) is 27.2 Å². The van der Waals surface area contributed by atoms with Gasteiger partial charge in [-0.1, -0.05) is 13.8 Å². The second-order valence-corrected chi connectivity index (χ2v) is 4.06. The topological polar surface area (TPSA) is 12.5 Å². The molecule has 1 aliphatic heterocycles. The zero-order valence-corrected chi connectivity index (χ0v) is 8.71. The van der Waals surface area contributed by atoms with E-state index in [0.29, 0.717) is 6.10 Å². The zero-order valence-electron chi connectivity index (χ0n) is 8.71. The van der Waals surface area contributed by atoms with E-state index in [1.165, 1.54) is 6.42 Å². The highest BCUT2D eigenvalue weighted by molar-refractivity contribution is 4.85. The number of ether oxygens (including phenoxy) is 1. The molecule has 0 amide bonds. The Labute approximate surface area is 75.9 Å².